The molecule has 0 radical (unpaired) electrons. The molecule has 0 saturated heterocycles. The second-order valence-electron chi connectivity index (χ2n) is 3.83. The second kappa shape index (κ2) is 5.36. The Labute approximate surface area is 114 Å². The number of nitrogens with two attached hydrogens (primary N) is 1. The summed E-state index contributed by atoms with van der Waals surface area (Å²) in [6.07, 6.45) is 0. The van der Waals surface area contributed by atoms with Crippen molar-refractivity contribution in [1.29, 1.82) is 0 Å². The van der Waals surface area contributed by atoms with E-state index in [-0.39, 0.29) is 0 Å². The van der Waals surface area contributed by atoms with Crippen LogP contribution in [0, 0.1) is 13.8 Å². The maximum atomic E-state index is 5.74. The molecule has 2 aromatic rings. The summed E-state index contributed by atoms with van der Waals surface area (Å²) in [5.41, 5.74) is 11.0. The lowest BCUT2D eigenvalue weighted by Gasteiger charge is -2.12. The first-order valence-electron chi connectivity index (χ1n) is 5.34. The summed E-state index contributed by atoms with van der Waals surface area (Å²) in [6, 6.07) is 0. The van der Waals surface area contributed by atoms with Gasteiger partial charge in [-0.05, 0) is 19.4 Å². The molecule has 2 rings (SSSR count). The number of hydrogen-bond donors (Lipinski definition) is 2. The lowest BCUT2D eigenvalue weighted by molar-refractivity contribution is 0.937. The van der Waals surface area contributed by atoms with Crippen LogP contribution in [0.25, 0.3) is 0 Å². The van der Waals surface area contributed by atoms with Crippen molar-refractivity contribution in [3.8, 4) is 0 Å². The predicted molar refractivity (Wildman–Crippen MR) is 76.8 cm³/mol. The van der Waals surface area contributed by atoms with Gasteiger partial charge in [0.2, 0.25) is 0 Å². The molecule has 2 aromatic heterocycles. The highest BCUT2D eigenvalue weighted by molar-refractivity contribution is 7.80. The van der Waals surface area contributed by atoms with Crippen molar-refractivity contribution in [3.63, 3.8) is 0 Å². The number of rotatable bonds is 4. The fraction of sp³-hybridized carbons (Fsp3) is 0.273. The molecule has 0 aromatic carbocycles. The third-order valence-electron chi connectivity index (χ3n) is 2.62. The first-order chi connectivity index (χ1) is 8.59. The standard InChI is InChI=1S/C11H13N5S2/c1-6-7(2)15-16-11(9(6)10(12)17)13-3-8-4-18-5-14-8/h4-5H,3H2,1-2H3,(H2,12,17)(H,13,16). The normalized spacial score (nSPS) is 10.3. The van der Waals surface area contributed by atoms with Gasteiger partial charge in [0.25, 0.3) is 0 Å². The zero-order valence-electron chi connectivity index (χ0n) is 10.1. The molecule has 0 aliphatic carbocycles. The first kappa shape index (κ1) is 12.8. The van der Waals surface area contributed by atoms with Gasteiger partial charge in [-0.3, -0.25) is 0 Å². The Morgan fingerprint density at radius 2 is 2.22 bits per heavy atom. The van der Waals surface area contributed by atoms with E-state index < -0.39 is 0 Å². The number of thiocarbonyl (C=S) groups is 1. The minimum atomic E-state index is 0.325. The molecule has 18 heavy (non-hydrogen) atoms. The van der Waals surface area contributed by atoms with E-state index in [1.807, 2.05) is 19.2 Å². The molecule has 2 heterocycles. The smallest absolute Gasteiger partial charge is 0.159 e. The van der Waals surface area contributed by atoms with Crippen LogP contribution in [-0.2, 0) is 6.54 Å². The predicted octanol–water partition coefficient (Wildman–Crippen LogP) is 1.80. The molecule has 0 saturated carbocycles. The molecule has 7 heteroatoms. The van der Waals surface area contributed by atoms with Crippen molar-refractivity contribution in [1.82, 2.24) is 15.2 Å². The highest BCUT2D eigenvalue weighted by Crippen LogP contribution is 2.18. The van der Waals surface area contributed by atoms with Crippen molar-refractivity contribution in [2.24, 2.45) is 5.73 Å². The Bertz CT molecular complexity index is 565. The molecule has 3 N–H and O–H groups in total. The molecular formula is C11H13N5S2. The summed E-state index contributed by atoms with van der Waals surface area (Å²) in [6.45, 7) is 4.40. The van der Waals surface area contributed by atoms with Gasteiger partial charge in [-0.1, -0.05) is 12.2 Å². The molecule has 0 spiro atoms. The lowest BCUT2D eigenvalue weighted by Crippen LogP contribution is -2.18. The van der Waals surface area contributed by atoms with Gasteiger partial charge in [0, 0.05) is 5.38 Å². The zero-order valence-corrected chi connectivity index (χ0v) is 11.7. The minimum Gasteiger partial charge on any atom is -0.389 e. The third kappa shape index (κ3) is 2.62. The molecule has 0 aliphatic heterocycles. The minimum absolute atomic E-state index is 0.325. The summed E-state index contributed by atoms with van der Waals surface area (Å²) in [5.74, 6) is 0.610. The Hall–Kier alpha value is -1.60. The van der Waals surface area contributed by atoms with Crippen LogP contribution in [0.1, 0.15) is 22.5 Å². The second-order valence-corrected chi connectivity index (χ2v) is 4.99. The monoisotopic (exact) mass is 279 g/mol. The van der Waals surface area contributed by atoms with E-state index in [1.165, 1.54) is 0 Å². The Balaban J connectivity index is 2.27. The van der Waals surface area contributed by atoms with Crippen LogP contribution in [0.4, 0.5) is 5.82 Å². The number of nitrogens with zero attached hydrogens (tertiary/aromatic N) is 3. The number of anilines is 1. The van der Waals surface area contributed by atoms with Crippen LogP contribution in [-0.4, -0.2) is 20.2 Å². The van der Waals surface area contributed by atoms with Crippen LogP contribution < -0.4 is 11.1 Å². The summed E-state index contributed by atoms with van der Waals surface area (Å²) in [5, 5.41) is 13.3. The lowest BCUT2D eigenvalue weighted by atomic mass is 10.1. The molecule has 0 unspecified atom stereocenters. The highest BCUT2D eigenvalue weighted by atomic mass is 32.1. The van der Waals surface area contributed by atoms with Crippen molar-refractivity contribution < 1.29 is 0 Å². The number of thiazole rings is 1. The van der Waals surface area contributed by atoms with E-state index >= 15 is 0 Å². The Morgan fingerprint density at radius 1 is 1.44 bits per heavy atom. The van der Waals surface area contributed by atoms with Crippen LogP contribution in [0.5, 0.6) is 0 Å². The van der Waals surface area contributed by atoms with E-state index in [9.17, 15) is 0 Å². The molecule has 0 aliphatic rings. The van der Waals surface area contributed by atoms with Crippen molar-refractivity contribution in [3.05, 3.63) is 33.4 Å². The highest BCUT2D eigenvalue weighted by Gasteiger charge is 2.13. The first-order valence-corrected chi connectivity index (χ1v) is 6.69. The van der Waals surface area contributed by atoms with Gasteiger partial charge < -0.3 is 11.1 Å². The van der Waals surface area contributed by atoms with E-state index in [0.29, 0.717) is 17.4 Å². The molecule has 0 amide bonds. The van der Waals surface area contributed by atoms with Gasteiger partial charge in [-0.15, -0.1) is 16.4 Å². The van der Waals surface area contributed by atoms with Crippen molar-refractivity contribution >= 4 is 34.4 Å². The molecule has 0 fully saturated rings. The van der Waals surface area contributed by atoms with Gasteiger partial charge in [0.15, 0.2) is 5.82 Å². The molecular weight excluding hydrogens is 266 g/mol. The number of aromatic nitrogens is 3. The SMILES string of the molecule is Cc1nnc(NCc2cscn2)c(C(N)=S)c1C. The van der Waals surface area contributed by atoms with Gasteiger partial charge in [0.1, 0.15) is 4.99 Å². The summed E-state index contributed by atoms with van der Waals surface area (Å²) >= 11 is 6.62. The third-order valence-corrected chi connectivity index (χ3v) is 3.46. The van der Waals surface area contributed by atoms with E-state index in [4.69, 9.17) is 18.0 Å². The summed E-state index contributed by atoms with van der Waals surface area (Å²) in [7, 11) is 0. The van der Waals surface area contributed by atoms with Gasteiger partial charge in [-0.2, -0.15) is 5.10 Å². The van der Waals surface area contributed by atoms with E-state index in [0.717, 1.165) is 22.5 Å². The largest absolute Gasteiger partial charge is 0.389 e. The van der Waals surface area contributed by atoms with Gasteiger partial charge >= 0.3 is 0 Å². The zero-order chi connectivity index (χ0) is 13.1. The van der Waals surface area contributed by atoms with E-state index in [1.54, 1.807) is 16.8 Å². The quantitative estimate of drug-likeness (QED) is 0.831. The number of aryl methyl sites for hydroxylation is 1. The number of hydrogen-bond acceptors (Lipinski definition) is 6. The fourth-order valence-electron chi connectivity index (χ4n) is 1.53. The molecule has 0 bridgehead atoms. The van der Waals surface area contributed by atoms with Crippen LogP contribution in [0.2, 0.25) is 0 Å². The number of nitrogens with one attached hydrogen (secondary N) is 1. The van der Waals surface area contributed by atoms with Gasteiger partial charge in [0.05, 0.1) is 29.0 Å². The fourth-order valence-corrected chi connectivity index (χ4v) is 2.34. The summed E-state index contributed by atoms with van der Waals surface area (Å²) in [4.78, 5) is 4.51. The topological polar surface area (TPSA) is 76.7 Å². The van der Waals surface area contributed by atoms with Crippen LogP contribution >= 0.6 is 23.6 Å². The average molecular weight is 279 g/mol. The van der Waals surface area contributed by atoms with E-state index in [2.05, 4.69) is 20.5 Å². The molecule has 5 nitrogen and oxygen atoms in total. The van der Waals surface area contributed by atoms with Crippen molar-refractivity contribution in [2.45, 2.75) is 20.4 Å². The molecule has 0 atom stereocenters. The van der Waals surface area contributed by atoms with Crippen LogP contribution in [0.3, 0.4) is 0 Å². The Kier molecular flexibility index (Phi) is 3.83. The molecule has 94 valence electrons. The van der Waals surface area contributed by atoms with Crippen molar-refractivity contribution in [2.75, 3.05) is 5.32 Å². The Morgan fingerprint density at radius 3 is 2.83 bits per heavy atom. The van der Waals surface area contributed by atoms with Gasteiger partial charge in [-0.25, -0.2) is 4.98 Å². The summed E-state index contributed by atoms with van der Waals surface area (Å²) < 4.78 is 0. The average Bonchev–Trinajstić information content (AvgIpc) is 2.83. The maximum absolute atomic E-state index is 5.74. The maximum Gasteiger partial charge on any atom is 0.159 e. The van der Waals surface area contributed by atoms with Crippen LogP contribution in [0.15, 0.2) is 10.9 Å².